The van der Waals surface area contributed by atoms with Crippen LogP contribution in [0, 0.1) is 0 Å². The molecule has 2 aromatic rings. The van der Waals surface area contributed by atoms with E-state index in [4.69, 9.17) is 20.7 Å². The highest BCUT2D eigenvalue weighted by Gasteiger charge is 2.11. The number of rotatable bonds is 5. The van der Waals surface area contributed by atoms with Crippen molar-refractivity contribution in [1.29, 1.82) is 0 Å². The molecule has 0 aliphatic heterocycles. The van der Waals surface area contributed by atoms with Gasteiger partial charge in [-0.25, -0.2) is 9.97 Å². The Balaban J connectivity index is 2.17. The molecule has 0 saturated carbocycles. The number of nitrogen functional groups attached to an aromatic ring is 1. The zero-order chi connectivity index (χ0) is 12.3. The summed E-state index contributed by atoms with van der Waals surface area (Å²) in [6, 6.07) is 0. The number of fused-ring (bicyclic) bond motifs is 1. The Morgan fingerprint density at radius 1 is 1.35 bits per heavy atom. The second-order valence-electron chi connectivity index (χ2n) is 3.44. The van der Waals surface area contributed by atoms with E-state index in [0.29, 0.717) is 11.2 Å². The molecule has 0 aliphatic rings. The van der Waals surface area contributed by atoms with E-state index in [-0.39, 0.29) is 25.8 Å². The van der Waals surface area contributed by atoms with Crippen molar-refractivity contribution in [2.45, 2.75) is 12.7 Å². The van der Waals surface area contributed by atoms with Gasteiger partial charge in [0.1, 0.15) is 12.4 Å². The zero-order valence-corrected chi connectivity index (χ0v) is 9.02. The van der Waals surface area contributed by atoms with E-state index in [9.17, 15) is 0 Å². The van der Waals surface area contributed by atoms with Crippen LogP contribution in [0.25, 0.3) is 5.65 Å². The molecule has 4 N–H and O–H groups in total. The van der Waals surface area contributed by atoms with Crippen molar-refractivity contribution in [2.75, 3.05) is 18.9 Å². The van der Waals surface area contributed by atoms with E-state index in [1.807, 2.05) is 0 Å². The van der Waals surface area contributed by atoms with Gasteiger partial charge in [0.05, 0.1) is 26.0 Å². The Bertz CT molecular complexity index is 496. The SMILES string of the molecule is Nc1ncnc2c(COC(CO)CO)cnn12. The maximum absolute atomic E-state index is 8.86. The number of aliphatic hydroxyl groups is 2. The molecule has 2 heterocycles. The molecule has 0 spiro atoms. The molecule has 0 aliphatic carbocycles. The fourth-order valence-corrected chi connectivity index (χ4v) is 1.35. The van der Waals surface area contributed by atoms with Crippen LogP contribution in [0.4, 0.5) is 5.95 Å². The lowest BCUT2D eigenvalue weighted by Crippen LogP contribution is -2.21. The molecule has 0 amide bonds. The largest absolute Gasteiger partial charge is 0.394 e. The first-order valence-electron chi connectivity index (χ1n) is 5.02. The normalized spacial score (nSPS) is 11.5. The van der Waals surface area contributed by atoms with Gasteiger partial charge < -0.3 is 20.7 Å². The molecule has 0 unspecified atom stereocenters. The summed E-state index contributed by atoms with van der Waals surface area (Å²) in [6.45, 7) is -0.300. The number of hydrogen-bond donors (Lipinski definition) is 3. The molecular formula is C9H13N5O3. The van der Waals surface area contributed by atoms with Gasteiger partial charge in [-0.3, -0.25) is 0 Å². The van der Waals surface area contributed by atoms with Crippen molar-refractivity contribution >= 4 is 11.6 Å². The van der Waals surface area contributed by atoms with Crippen LogP contribution in [0.2, 0.25) is 0 Å². The number of ether oxygens (including phenoxy) is 1. The topological polar surface area (TPSA) is 119 Å². The molecule has 2 aromatic heterocycles. The number of anilines is 1. The Hall–Kier alpha value is -1.77. The Morgan fingerprint density at radius 2 is 2.12 bits per heavy atom. The maximum Gasteiger partial charge on any atom is 0.224 e. The first-order chi connectivity index (χ1) is 8.26. The molecule has 0 atom stereocenters. The van der Waals surface area contributed by atoms with Gasteiger partial charge in [-0.15, -0.1) is 0 Å². The quantitative estimate of drug-likeness (QED) is 0.585. The van der Waals surface area contributed by atoms with Crippen LogP contribution in [0.3, 0.4) is 0 Å². The molecule has 0 radical (unpaired) electrons. The Morgan fingerprint density at radius 3 is 2.82 bits per heavy atom. The highest BCUT2D eigenvalue weighted by Crippen LogP contribution is 2.11. The van der Waals surface area contributed by atoms with Crippen LogP contribution >= 0.6 is 0 Å². The van der Waals surface area contributed by atoms with E-state index in [1.54, 1.807) is 6.20 Å². The lowest BCUT2D eigenvalue weighted by Gasteiger charge is -2.11. The summed E-state index contributed by atoms with van der Waals surface area (Å²) < 4.78 is 6.67. The fraction of sp³-hybridized carbons (Fsp3) is 0.444. The average molecular weight is 239 g/mol. The highest BCUT2D eigenvalue weighted by molar-refractivity contribution is 5.48. The fourth-order valence-electron chi connectivity index (χ4n) is 1.35. The molecule has 0 bridgehead atoms. The monoisotopic (exact) mass is 239 g/mol. The van der Waals surface area contributed by atoms with Crippen LogP contribution in [0.1, 0.15) is 5.56 Å². The van der Waals surface area contributed by atoms with E-state index < -0.39 is 6.10 Å². The molecule has 8 nitrogen and oxygen atoms in total. The Kier molecular flexibility index (Phi) is 3.47. The summed E-state index contributed by atoms with van der Waals surface area (Å²) in [4.78, 5) is 7.83. The van der Waals surface area contributed by atoms with Crippen molar-refractivity contribution in [3.63, 3.8) is 0 Å². The number of aromatic nitrogens is 4. The molecule has 8 heteroatoms. The lowest BCUT2D eigenvalue weighted by atomic mass is 10.3. The molecule has 2 rings (SSSR count). The highest BCUT2D eigenvalue weighted by atomic mass is 16.5. The van der Waals surface area contributed by atoms with E-state index >= 15 is 0 Å². The van der Waals surface area contributed by atoms with E-state index in [1.165, 1.54) is 10.8 Å². The standard InChI is InChI=1S/C9H13N5O3/c10-9-12-5-11-8-6(1-13-14(8)9)4-17-7(2-15)3-16/h1,5,7,15-16H,2-4H2,(H2,10,11,12). The number of aliphatic hydroxyl groups excluding tert-OH is 2. The third-order valence-corrected chi connectivity index (χ3v) is 2.29. The van der Waals surface area contributed by atoms with Gasteiger partial charge in [-0.05, 0) is 0 Å². The van der Waals surface area contributed by atoms with Crippen molar-refractivity contribution in [2.24, 2.45) is 0 Å². The third-order valence-electron chi connectivity index (χ3n) is 2.29. The van der Waals surface area contributed by atoms with Crippen LogP contribution < -0.4 is 5.73 Å². The van der Waals surface area contributed by atoms with Crippen LogP contribution in [0.5, 0.6) is 0 Å². The predicted octanol–water partition coefficient (Wildman–Crippen LogP) is -1.42. The van der Waals surface area contributed by atoms with Crippen molar-refractivity contribution < 1.29 is 14.9 Å². The number of nitrogens with zero attached hydrogens (tertiary/aromatic N) is 4. The van der Waals surface area contributed by atoms with Gasteiger partial charge in [0.2, 0.25) is 5.95 Å². The summed E-state index contributed by atoms with van der Waals surface area (Å²) in [6.07, 6.45) is 2.29. The minimum absolute atomic E-state index is 0.186. The summed E-state index contributed by atoms with van der Waals surface area (Å²) in [5.74, 6) is 0.238. The second-order valence-corrected chi connectivity index (χ2v) is 3.44. The van der Waals surface area contributed by atoms with Gasteiger partial charge >= 0.3 is 0 Å². The average Bonchev–Trinajstić information content (AvgIpc) is 2.75. The minimum Gasteiger partial charge on any atom is -0.394 e. The lowest BCUT2D eigenvalue weighted by molar-refractivity contribution is -0.0281. The van der Waals surface area contributed by atoms with Crippen molar-refractivity contribution in [3.05, 3.63) is 18.1 Å². The van der Waals surface area contributed by atoms with Crippen LogP contribution in [-0.2, 0) is 11.3 Å². The summed E-state index contributed by atoms with van der Waals surface area (Å²) in [5, 5.41) is 21.7. The van der Waals surface area contributed by atoms with Gasteiger partial charge in [-0.1, -0.05) is 0 Å². The number of nitrogens with two attached hydrogens (primary N) is 1. The van der Waals surface area contributed by atoms with Gasteiger partial charge in [0, 0.05) is 5.56 Å². The van der Waals surface area contributed by atoms with Crippen molar-refractivity contribution in [3.8, 4) is 0 Å². The molecular weight excluding hydrogens is 226 g/mol. The first kappa shape index (κ1) is 11.7. The summed E-state index contributed by atoms with van der Waals surface area (Å²) >= 11 is 0. The third kappa shape index (κ3) is 2.33. The number of hydrogen-bond acceptors (Lipinski definition) is 7. The van der Waals surface area contributed by atoms with Gasteiger partial charge in [0.15, 0.2) is 5.65 Å². The molecule has 0 fully saturated rings. The van der Waals surface area contributed by atoms with Crippen LogP contribution in [0.15, 0.2) is 12.5 Å². The molecule has 17 heavy (non-hydrogen) atoms. The maximum atomic E-state index is 8.86. The van der Waals surface area contributed by atoms with Gasteiger partial charge in [-0.2, -0.15) is 9.61 Å². The smallest absolute Gasteiger partial charge is 0.224 e. The molecule has 0 saturated heterocycles. The minimum atomic E-state index is -0.607. The molecule has 92 valence electrons. The summed E-state index contributed by atoms with van der Waals surface area (Å²) in [5.41, 5.74) is 6.87. The molecule has 0 aromatic carbocycles. The zero-order valence-electron chi connectivity index (χ0n) is 9.02. The van der Waals surface area contributed by atoms with Gasteiger partial charge in [0.25, 0.3) is 0 Å². The second kappa shape index (κ2) is 5.04. The van der Waals surface area contributed by atoms with Crippen LogP contribution in [-0.4, -0.2) is 49.1 Å². The summed E-state index contributed by atoms with van der Waals surface area (Å²) in [7, 11) is 0. The van der Waals surface area contributed by atoms with Crippen molar-refractivity contribution in [1.82, 2.24) is 19.6 Å². The first-order valence-corrected chi connectivity index (χ1v) is 5.02. The van der Waals surface area contributed by atoms with E-state index in [2.05, 4.69) is 15.1 Å². The Labute approximate surface area is 96.7 Å². The predicted molar refractivity (Wildman–Crippen MR) is 57.9 cm³/mol. The van der Waals surface area contributed by atoms with E-state index in [0.717, 1.165) is 0 Å².